The Hall–Kier alpha value is -1.80. The van der Waals surface area contributed by atoms with E-state index in [1.807, 2.05) is 6.92 Å². The predicted octanol–water partition coefficient (Wildman–Crippen LogP) is 4.70. The van der Waals surface area contributed by atoms with Gasteiger partial charge in [-0.3, -0.25) is 0 Å². The fourth-order valence-electron chi connectivity index (χ4n) is 2.17. The SMILES string of the molecule is CCOCc1ccccc1NC(C)c1ccc(C)cc1. The molecule has 1 unspecified atom stereocenters. The minimum Gasteiger partial charge on any atom is -0.378 e. The van der Waals surface area contributed by atoms with Gasteiger partial charge in [-0.2, -0.15) is 0 Å². The lowest BCUT2D eigenvalue weighted by Gasteiger charge is -2.18. The van der Waals surface area contributed by atoms with Crippen LogP contribution >= 0.6 is 0 Å². The number of ether oxygens (including phenoxy) is 1. The molecule has 0 saturated carbocycles. The fourth-order valence-corrected chi connectivity index (χ4v) is 2.17. The third kappa shape index (κ3) is 3.84. The van der Waals surface area contributed by atoms with Gasteiger partial charge in [0.2, 0.25) is 0 Å². The zero-order chi connectivity index (χ0) is 14.4. The zero-order valence-corrected chi connectivity index (χ0v) is 12.5. The van der Waals surface area contributed by atoms with E-state index in [0.29, 0.717) is 6.61 Å². The van der Waals surface area contributed by atoms with Gasteiger partial charge in [0, 0.05) is 23.9 Å². The Bertz CT molecular complexity index is 533. The molecule has 0 bridgehead atoms. The van der Waals surface area contributed by atoms with E-state index in [9.17, 15) is 0 Å². The minimum absolute atomic E-state index is 0.276. The number of aryl methyl sites for hydroxylation is 1. The van der Waals surface area contributed by atoms with Crippen LogP contribution in [0.5, 0.6) is 0 Å². The average molecular weight is 269 g/mol. The van der Waals surface area contributed by atoms with E-state index in [-0.39, 0.29) is 6.04 Å². The number of benzene rings is 2. The molecule has 2 aromatic carbocycles. The van der Waals surface area contributed by atoms with Crippen LogP contribution < -0.4 is 5.32 Å². The van der Waals surface area contributed by atoms with Gasteiger partial charge in [0.05, 0.1) is 6.61 Å². The summed E-state index contributed by atoms with van der Waals surface area (Å²) in [6, 6.07) is 17.3. The molecule has 106 valence electrons. The Kier molecular flexibility index (Phi) is 5.19. The molecule has 0 spiro atoms. The maximum absolute atomic E-state index is 5.52. The highest BCUT2D eigenvalue weighted by Gasteiger charge is 2.08. The highest BCUT2D eigenvalue weighted by molar-refractivity contribution is 5.52. The molecule has 0 saturated heterocycles. The van der Waals surface area contributed by atoms with Crippen molar-refractivity contribution < 1.29 is 4.74 Å². The first-order valence-electron chi connectivity index (χ1n) is 7.19. The van der Waals surface area contributed by atoms with Gasteiger partial charge in [0.15, 0.2) is 0 Å². The molecule has 0 amide bonds. The minimum atomic E-state index is 0.276. The fraction of sp³-hybridized carbons (Fsp3) is 0.333. The first-order chi connectivity index (χ1) is 9.70. The molecule has 0 radical (unpaired) electrons. The number of hydrogen-bond donors (Lipinski definition) is 1. The molecule has 2 nitrogen and oxygen atoms in total. The molecule has 0 fully saturated rings. The van der Waals surface area contributed by atoms with E-state index in [2.05, 4.69) is 67.7 Å². The Morgan fingerprint density at radius 3 is 2.45 bits per heavy atom. The predicted molar refractivity (Wildman–Crippen MR) is 85.0 cm³/mol. The van der Waals surface area contributed by atoms with Gasteiger partial charge in [-0.05, 0) is 32.4 Å². The van der Waals surface area contributed by atoms with Crippen molar-refractivity contribution in [1.29, 1.82) is 0 Å². The van der Waals surface area contributed by atoms with Gasteiger partial charge in [-0.25, -0.2) is 0 Å². The number of nitrogens with one attached hydrogen (secondary N) is 1. The van der Waals surface area contributed by atoms with Crippen molar-refractivity contribution in [3.63, 3.8) is 0 Å². The van der Waals surface area contributed by atoms with E-state index in [0.717, 1.165) is 12.3 Å². The first kappa shape index (κ1) is 14.6. The molecule has 1 N–H and O–H groups in total. The van der Waals surface area contributed by atoms with Crippen molar-refractivity contribution in [3.8, 4) is 0 Å². The van der Waals surface area contributed by atoms with Crippen LogP contribution in [0.3, 0.4) is 0 Å². The van der Waals surface area contributed by atoms with Gasteiger partial charge >= 0.3 is 0 Å². The Balaban J connectivity index is 2.10. The van der Waals surface area contributed by atoms with Crippen molar-refractivity contribution >= 4 is 5.69 Å². The first-order valence-corrected chi connectivity index (χ1v) is 7.19. The Labute approximate surface area is 121 Å². The summed E-state index contributed by atoms with van der Waals surface area (Å²) in [6.07, 6.45) is 0. The van der Waals surface area contributed by atoms with E-state index >= 15 is 0 Å². The van der Waals surface area contributed by atoms with E-state index in [1.165, 1.54) is 16.7 Å². The third-order valence-corrected chi connectivity index (χ3v) is 3.43. The van der Waals surface area contributed by atoms with Crippen molar-refractivity contribution in [2.24, 2.45) is 0 Å². The number of para-hydroxylation sites is 1. The zero-order valence-electron chi connectivity index (χ0n) is 12.5. The molecule has 0 aliphatic rings. The molecule has 1 atom stereocenters. The van der Waals surface area contributed by atoms with E-state index in [1.54, 1.807) is 0 Å². The average Bonchev–Trinajstić information content (AvgIpc) is 2.47. The quantitative estimate of drug-likeness (QED) is 0.820. The normalized spacial score (nSPS) is 12.2. The second kappa shape index (κ2) is 7.11. The largest absolute Gasteiger partial charge is 0.378 e. The van der Waals surface area contributed by atoms with Crippen LogP contribution in [0.25, 0.3) is 0 Å². The Morgan fingerprint density at radius 1 is 1.05 bits per heavy atom. The molecular weight excluding hydrogens is 246 g/mol. The third-order valence-electron chi connectivity index (χ3n) is 3.43. The monoisotopic (exact) mass is 269 g/mol. The summed E-state index contributed by atoms with van der Waals surface area (Å²) in [5.74, 6) is 0. The highest BCUT2D eigenvalue weighted by Crippen LogP contribution is 2.23. The molecule has 2 aromatic rings. The van der Waals surface area contributed by atoms with E-state index < -0.39 is 0 Å². The van der Waals surface area contributed by atoms with Gasteiger partial charge in [0.1, 0.15) is 0 Å². The number of hydrogen-bond acceptors (Lipinski definition) is 2. The lowest BCUT2D eigenvalue weighted by atomic mass is 10.1. The maximum Gasteiger partial charge on any atom is 0.0736 e. The topological polar surface area (TPSA) is 21.3 Å². The van der Waals surface area contributed by atoms with Crippen LogP contribution in [-0.2, 0) is 11.3 Å². The van der Waals surface area contributed by atoms with Gasteiger partial charge in [-0.15, -0.1) is 0 Å². The molecule has 0 aromatic heterocycles. The summed E-state index contributed by atoms with van der Waals surface area (Å²) in [7, 11) is 0. The maximum atomic E-state index is 5.52. The van der Waals surface area contributed by atoms with Gasteiger partial charge < -0.3 is 10.1 Å². The lowest BCUT2D eigenvalue weighted by Crippen LogP contribution is -2.09. The van der Waals surface area contributed by atoms with Crippen LogP contribution in [0.1, 0.15) is 36.6 Å². The highest BCUT2D eigenvalue weighted by atomic mass is 16.5. The van der Waals surface area contributed by atoms with Crippen molar-refractivity contribution in [3.05, 3.63) is 65.2 Å². The van der Waals surface area contributed by atoms with Crippen LogP contribution in [0.2, 0.25) is 0 Å². The molecule has 2 rings (SSSR count). The van der Waals surface area contributed by atoms with Crippen LogP contribution in [-0.4, -0.2) is 6.61 Å². The standard InChI is InChI=1S/C18H23NO/c1-4-20-13-17-7-5-6-8-18(17)19-15(3)16-11-9-14(2)10-12-16/h5-12,15,19H,4,13H2,1-3H3. The van der Waals surface area contributed by atoms with Crippen molar-refractivity contribution in [2.75, 3.05) is 11.9 Å². The van der Waals surface area contributed by atoms with Crippen molar-refractivity contribution in [1.82, 2.24) is 0 Å². The molecule has 0 heterocycles. The van der Waals surface area contributed by atoms with Gasteiger partial charge in [0.25, 0.3) is 0 Å². The molecule has 0 aliphatic heterocycles. The lowest BCUT2D eigenvalue weighted by molar-refractivity contribution is 0.134. The second-order valence-electron chi connectivity index (χ2n) is 5.07. The van der Waals surface area contributed by atoms with Crippen molar-refractivity contribution in [2.45, 2.75) is 33.4 Å². The number of anilines is 1. The molecule has 20 heavy (non-hydrogen) atoms. The van der Waals surface area contributed by atoms with Crippen LogP contribution in [0, 0.1) is 6.92 Å². The molecule has 0 aliphatic carbocycles. The number of rotatable bonds is 6. The summed E-state index contributed by atoms with van der Waals surface area (Å²) >= 11 is 0. The second-order valence-corrected chi connectivity index (χ2v) is 5.07. The Morgan fingerprint density at radius 2 is 1.75 bits per heavy atom. The molecular formula is C18H23NO. The van der Waals surface area contributed by atoms with Gasteiger partial charge in [-0.1, -0.05) is 48.0 Å². The summed E-state index contributed by atoms with van der Waals surface area (Å²) in [6.45, 7) is 7.70. The molecule has 2 heteroatoms. The van der Waals surface area contributed by atoms with Crippen LogP contribution in [0.4, 0.5) is 5.69 Å². The smallest absolute Gasteiger partial charge is 0.0736 e. The summed E-state index contributed by atoms with van der Waals surface area (Å²) in [5, 5.41) is 3.58. The van der Waals surface area contributed by atoms with E-state index in [4.69, 9.17) is 4.74 Å². The van der Waals surface area contributed by atoms with Crippen LogP contribution in [0.15, 0.2) is 48.5 Å². The summed E-state index contributed by atoms with van der Waals surface area (Å²) < 4.78 is 5.52. The summed E-state index contributed by atoms with van der Waals surface area (Å²) in [5.41, 5.74) is 4.93. The summed E-state index contributed by atoms with van der Waals surface area (Å²) in [4.78, 5) is 0.